The zero-order valence-electron chi connectivity index (χ0n) is 51.3. The van der Waals surface area contributed by atoms with Crippen LogP contribution in [0.3, 0.4) is 0 Å². The Bertz CT molecular complexity index is 2620. The van der Waals surface area contributed by atoms with Crippen molar-refractivity contribution >= 4 is 29.8 Å². The van der Waals surface area contributed by atoms with Gasteiger partial charge in [-0.15, -0.1) is 0 Å². The number of carbonyl (C=O) groups is 5. The molecule has 0 amide bonds. The van der Waals surface area contributed by atoms with E-state index < -0.39 is 11.9 Å². The van der Waals surface area contributed by atoms with Crippen molar-refractivity contribution in [2.45, 2.75) is 281 Å². The Hall–Kier alpha value is -4.95. The minimum absolute atomic E-state index is 0.0762. The summed E-state index contributed by atoms with van der Waals surface area (Å²) >= 11 is 0. The van der Waals surface area contributed by atoms with Crippen molar-refractivity contribution in [3.05, 3.63) is 53.6 Å². The molecular formula is C65H96N6O10. The van der Waals surface area contributed by atoms with E-state index in [1.807, 2.05) is 6.07 Å². The van der Waals surface area contributed by atoms with Gasteiger partial charge in [-0.1, -0.05) is 11.8 Å². The lowest BCUT2D eigenvalue weighted by atomic mass is 9.72. The van der Waals surface area contributed by atoms with E-state index >= 15 is 0 Å². The summed E-state index contributed by atoms with van der Waals surface area (Å²) in [6, 6.07) is 6.60. The van der Waals surface area contributed by atoms with E-state index in [1.54, 1.807) is 18.3 Å². The highest BCUT2D eigenvalue weighted by atomic mass is 16.6. The van der Waals surface area contributed by atoms with Crippen molar-refractivity contribution < 1.29 is 47.7 Å². The van der Waals surface area contributed by atoms with Crippen LogP contribution < -0.4 is 26.0 Å². The molecule has 0 bridgehead atoms. The standard InChI is InChI=1S/C65H96N6O10/c1-58(2)31-47(32-59(3,4)68-58)78-54(73)43-20-17-41(18-21-43)15-16-42-19-27-51(66-39-42)56(75)80-49-35-62(9,10)70-64(13,37-49)29-30-65(14)38-50(36-63(11,12)71-65)81-57(76)52-28-26-46(40-67-52)77-53(72)44-22-24-45(25-23-44)55(74)79-48-33-60(5,6)69-61(7,8)34-48/h19,26-28,39-41,43-45,47-50,68-71H,17-18,20-25,29-38H2,1-14H3. The Morgan fingerprint density at radius 1 is 0.444 bits per heavy atom. The first-order valence-corrected chi connectivity index (χ1v) is 30.3. The normalized spacial score (nSPS) is 31.4. The Morgan fingerprint density at radius 2 is 0.802 bits per heavy atom. The molecule has 4 saturated heterocycles. The van der Waals surface area contributed by atoms with E-state index in [1.165, 1.54) is 12.3 Å². The van der Waals surface area contributed by atoms with Gasteiger partial charge in [-0.3, -0.25) is 14.4 Å². The van der Waals surface area contributed by atoms with E-state index in [4.69, 9.17) is 23.7 Å². The van der Waals surface area contributed by atoms with Crippen molar-refractivity contribution in [3.63, 3.8) is 0 Å². The second kappa shape index (κ2) is 24.0. The van der Waals surface area contributed by atoms with Gasteiger partial charge in [-0.25, -0.2) is 19.6 Å². The van der Waals surface area contributed by atoms with E-state index in [-0.39, 0.29) is 127 Å². The Labute approximate surface area is 483 Å². The predicted molar refractivity (Wildman–Crippen MR) is 310 cm³/mol. The molecule has 2 aromatic rings. The van der Waals surface area contributed by atoms with Crippen molar-refractivity contribution in [2.75, 3.05) is 0 Å². The van der Waals surface area contributed by atoms with Crippen molar-refractivity contribution in [3.8, 4) is 17.6 Å². The molecule has 16 nitrogen and oxygen atoms in total. The Balaban J connectivity index is 0.769. The molecule has 4 aliphatic heterocycles. The maximum absolute atomic E-state index is 13.6. The van der Waals surface area contributed by atoms with E-state index in [0.717, 1.165) is 69.8 Å². The molecule has 16 heteroatoms. The molecular weight excluding hydrogens is 1020 g/mol. The molecule has 2 aliphatic carbocycles. The van der Waals surface area contributed by atoms with E-state index in [9.17, 15) is 24.0 Å². The molecule has 2 saturated carbocycles. The van der Waals surface area contributed by atoms with Crippen LogP contribution in [0.15, 0.2) is 36.7 Å². The SMILES string of the molecule is CC1(C)CC(OC(=O)C2CCC(C#Cc3ccc(C(=O)OC4CC(C)(C)NC(C)(CCC5(C)CC(OC(=O)c6ccc(OC(=O)C7CCC(C(=O)OC8CC(C)(C)NC(C)(C)C8)CC7)cn6)CC(C)(C)N5)C4)nc3)CC2)CC(C)(C)N1. The highest BCUT2D eigenvalue weighted by Gasteiger charge is 2.48. The van der Waals surface area contributed by atoms with Gasteiger partial charge in [0.1, 0.15) is 41.6 Å². The second-order valence-electron chi connectivity index (χ2n) is 29.8. The number of carbonyl (C=O) groups excluding carboxylic acids is 5. The van der Waals surface area contributed by atoms with Crippen molar-refractivity contribution in [1.82, 2.24) is 31.2 Å². The Morgan fingerprint density at radius 3 is 1.19 bits per heavy atom. The number of nitrogens with zero attached hydrogens (tertiary/aromatic N) is 2. The van der Waals surface area contributed by atoms with Crippen LogP contribution in [-0.2, 0) is 33.3 Å². The fraction of sp³-hybridized carbons (Fsp3) is 0.738. The summed E-state index contributed by atoms with van der Waals surface area (Å²) in [4.78, 5) is 75.7. The summed E-state index contributed by atoms with van der Waals surface area (Å²) in [6.45, 7) is 30.1. The summed E-state index contributed by atoms with van der Waals surface area (Å²) in [5.74, 6) is 4.78. The van der Waals surface area contributed by atoms with Crippen LogP contribution in [0.5, 0.6) is 5.75 Å². The summed E-state index contributed by atoms with van der Waals surface area (Å²) in [7, 11) is 0. The number of esters is 5. The average Bonchev–Trinajstić information content (AvgIpc) is 3.44. The van der Waals surface area contributed by atoms with Crippen LogP contribution in [0.25, 0.3) is 0 Å². The molecule has 8 rings (SSSR count). The molecule has 6 fully saturated rings. The number of aromatic nitrogens is 2. The summed E-state index contributed by atoms with van der Waals surface area (Å²) in [6.07, 6.45) is 14.6. The minimum atomic E-state index is -0.542. The molecule has 6 aliphatic rings. The lowest BCUT2D eigenvalue weighted by Gasteiger charge is -2.51. The largest absolute Gasteiger partial charge is 0.462 e. The number of ether oxygens (including phenoxy) is 5. The quantitative estimate of drug-likeness (QED) is 0.0836. The van der Waals surface area contributed by atoms with Crippen LogP contribution in [0.1, 0.15) is 239 Å². The molecule has 81 heavy (non-hydrogen) atoms. The fourth-order valence-corrected chi connectivity index (χ4v) is 15.3. The first-order valence-electron chi connectivity index (χ1n) is 30.3. The number of piperidine rings is 4. The maximum atomic E-state index is 13.6. The second-order valence-corrected chi connectivity index (χ2v) is 29.8. The van der Waals surface area contributed by atoms with Gasteiger partial charge in [-0.05, 0) is 185 Å². The average molecular weight is 1120 g/mol. The molecule has 446 valence electrons. The molecule has 4 atom stereocenters. The first kappa shape index (κ1) is 62.1. The van der Waals surface area contributed by atoms with Crippen LogP contribution in [0.2, 0.25) is 0 Å². The molecule has 0 radical (unpaired) electrons. The van der Waals surface area contributed by atoms with Gasteiger partial charge in [0.05, 0.1) is 24.0 Å². The van der Waals surface area contributed by atoms with E-state index in [0.29, 0.717) is 51.4 Å². The van der Waals surface area contributed by atoms with Crippen molar-refractivity contribution in [2.24, 2.45) is 23.7 Å². The number of pyridine rings is 2. The first-order chi connectivity index (χ1) is 37.6. The van der Waals surface area contributed by atoms with Crippen molar-refractivity contribution in [1.29, 1.82) is 0 Å². The third-order valence-electron chi connectivity index (χ3n) is 17.8. The fourth-order valence-electron chi connectivity index (χ4n) is 15.3. The van der Waals surface area contributed by atoms with Gasteiger partial charge in [0.15, 0.2) is 0 Å². The minimum Gasteiger partial charge on any atom is -0.462 e. The molecule has 4 N–H and O–H groups in total. The highest BCUT2D eigenvalue weighted by molar-refractivity contribution is 5.88. The third-order valence-corrected chi connectivity index (χ3v) is 17.8. The Kier molecular flexibility index (Phi) is 18.4. The van der Waals surface area contributed by atoms with Gasteiger partial charge in [0.25, 0.3) is 0 Å². The maximum Gasteiger partial charge on any atom is 0.357 e. The van der Waals surface area contributed by atoms with Gasteiger partial charge in [0.2, 0.25) is 0 Å². The molecule has 0 spiro atoms. The van der Waals surface area contributed by atoms with Crippen LogP contribution in [0, 0.1) is 35.5 Å². The topological polar surface area (TPSA) is 205 Å². The molecule has 4 unspecified atom stereocenters. The zero-order valence-corrected chi connectivity index (χ0v) is 51.3. The molecule has 6 heterocycles. The lowest BCUT2D eigenvalue weighted by Crippen LogP contribution is -2.64. The summed E-state index contributed by atoms with van der Waals surface area (Å²) < 4.78 is 30.2. The van der Waals surface area contributed by atoms with Gasteiger partial charge >= 0.3 is 29.8 Å². The van der Waals surface area contributed by atoms with Crippen LogP contribution >= 0.6 is 0 Å². The molecule has 2 aromatic heterocycles. The van der Waals surface area contributed by atoms with Gasteiger partial charge in [-0.2, -0.15) is 0 Å². The third kappa shape index (κ3) is 17.6. The zero-order chi connectivity index (χ0) is 59.0. The highest BCUT2D eigenvalue weighted by Crippen LogP contribution is 2.41. The van der Waals surface area contributed by atoms with Crippen LogP contribution in [-0.4, -0.2) is 109 Å². The number of rotatable bonds is 13. The van der Waals surface area contributed by atoms with Gasteiger partial charge < -0.3 is 45.0 Å². The number of hydrogen-bond acceptors (Lipinski definition) is 16. The summed E-state index contributed by atoms with van der Waals surface area (Å²) in [5.41, 5.74) is -0.752. The smallest absolute Gasteiger partial charge is 0.357 e. The molecule has 0 aromatic carbocycles. The number of hydrogen-bond donors (Lipinski definition) is 4. The van der Waals surface area contributed by atoms with Crippen LogP contribution in [0.4, 0.5) is 0 Å². The van der Waals surface area contributed by atoms with E-state index in [2.05, 4.69) is 140 Å². The number of nitrogens with one attached hydrogen (secondary N) is 4. The lowest BCUT2D eigenvalue weighted by molar-refractivity contribution is -0.161. The monoisotopic (exact) mass is 1120 g/mol. The predicted octanol–water partition coefficient (Wildman–Crippen LogP) is 10.4. The van der Waals surface area contributed by atoms with Gasteiger partial charge in [0, 0.05) is 113 Å². The summed E-state index contributed by atoms with van der Waals surface area (Å²) in [5, 5.41) is 15.0.